The molecule has 2 N–H and O–H groups in total. The molecule has 0 bridgehead atoms. The third kappa shape index (κ3) is 3.45. The summed E-state index contributed by atoms with van der Waals surface area (Å²) in [5.41, 5.74) is 7.19. The maximum Gasteiger partial charge on any atom is 0.259 e. The van der Waals surface area contributed by atoms with Crippen LogP contribution in [0.5, 0.6) is 0 Å². The zero-order valence-corrected chi connectivity index (χ0v) is 15.0. The lowest BCUT2D eigenvalue weighted by Crippen LogP contribution is -2.34. The van der Waals surface area contributed by atoms with Crippen LogP contribution in [-0.2, 0) is 6.54 Å². The molecular weight excluding hydrogens is 302 g/mol. The molecule has 2 aromatic rings. The Bertz CT molecular complexity index is 789. The number of pyridine rings is 1. The van der Waals surface area contributed by atoms with Gasteiger partial charge in [-0.15, -0.1) is 0 Å². The molecule has 0 fully saturated rings. The van der Waals surface area contributed by atoms with E-state index < -0.39 is 0 Å². The van der Waals surface area contributed by atoms with Gasteiger partial charge >= 0.3 is 0 Å². The Morgan fingerprint density at radius 1 is 1.25 bits per heavy atom. The lowest BCUT2D eigenvalue weighted by molar-refractivity contribution is 0.0771. The second-order valence-electron chi connectivity index (χ2n) is 6.47. The lowest BCUT2D eigenvalue weighted by Gasteiger charge is -2.20. The number of nitrogens with two attached hydrogens (primary N) is 1. The Hall–Kier alpha value is -2.30. The second-order valence-corrected chi connectivity index (χ2v) is 6.47. The van der Waals surface area contributed by atoms with Crippen LogP contribution >= 0.6 is 0 Å². The third-order valence-electron chi connectivity index (χ3n) is 4.37. The van der Waals surface area contributed by atoms with Crippen molar-refractivity contribution >= 4 is 22.5 Å². The fourth-order valence-electron chi connectivity index (χ4n) is 2.88. The number of anilines is 1. The predicted octanol–water partition coefficient (Wildman–Crippen LogP) is 3.11. The van der Waals surface area contributed by atoms with Gasteiger partial charge in [0.15, 0.2) is 0 Å². The Balaban J connectivity index is 2.68. The van der Waals surface area contributed by atoms with E-state index in [0.29, 0.717) is 30.1 Å². The Morgan fingerprint density at radius 3 is 2.50 bits per heavy atom. The minimum atomic E-state index is -0.277. The van der Waals surface area contributed by atoms with E-state index in [4.69, 9.17) is 5.73 Å². The molecule has 0 atom stereocenters. The first-order valence-electron chi connectivity index (χ1n) is 8.61. The van der Waals surface area contributed by atoms with Crippen molar-refractivity contribution in [1.82, 2.24) is 9.47 Å². The molecule has 0 spiro atoms. The Kier molecular flexibility index (Phi) is 5.65. The number of carbonyl (C=O) groups is 1. The van der Waals surface area contributed by atoms with E-state index in [0.717, 1.165) is 18.5 Å². The molecule has 0 aliphatic heterocycles. The number of rotatable bonds is 6. The average molecular weight is 329 g/mol. The topological polar surface area (TPSA) is 68.3 Å². The number of nitrogen functional groups attached to an aromatic ring is 1. The molecule has 1 aromatic carbocycles. The minimum absolute atomic E-state index is 0.202. The number of carbonyl (C=O) groups excluding carboxylic acids is 1. The SMILES string of the molecule is CCN(CC)C(=O)c1cn(CCC(C)C)c2cccc(N)c2c1=O. The highest BCUT2D eigenvalue weighted by Gasteiger charge is 2.20. The number of hydrogen-bond donors (Lipinski definition) is 1. The molecular formula is C19H27N3O2. The summed E-state index contributed by atoms with van der Waals surface area (Å²) in [6, 6.07) is 5.44. The number of hydrogen-bond acceptors (Lipinski definition) is 3. The Morgan fingerprint density at radius 2 is 1.92 bits per heavy atom. The zero-order chi connectivity index (χ0) is 17.9. The van der Waals surface area contributed by atoms with Gasteiger partial charge in [-0.25, -0.2) is 0 Å². The number of amides is 1. The highest BCUT2D eigenvalue weighted by molar-refractivity contribution is 6.00. The summed E-state index contributed by atoms with van der Waals surface area (Å²) in [5, 5.41) is 0.444. The van der Waals surface area contributed by atoms with Crippen molar-refractivity contribution in [2.24, 2.45) is 5.92 Å². The van der Waals surface area contributed by atoms with Crippen LogP contribution in [0.2, 0.25) is 0 Å². The van der Waals surface area contributed by atoms with Gasteiger partial charge in [0.2, 0.25) is 5.43 Å². The zero-order valence-electron chi connectivity index (χ0n) is 15.0. The summed E-state index contributed by atoms with van der Waals surface area (Å²) in [5.74, 6) is 0.302. The average Bonchev–Trinajstić information content (AvgIpc) is 2.55. The molecule has 0 saturated heterocycles. The van der Waals surface area contributed by atoms with E-state index in [1.807, 2.05) is 30.5 Å². The summed E-state index contributed by atoms with van der Waals surface area (Å²) in [6.45, 7) is 10.0. The van der Waals surface area contributed by atoms with E-state index in [9.17, 15) is 9.59 Å². The number of benzene rings is 1. The van der Waals surface area contributed by atoms with E-state index in [2.05, 4.69) is 13.8 Å². The molecule has 1 aromatic heterocycles. The molecule has 5 heteroatoms. The van der Waals surface area contributed by atoms with Gasteiger partial charge in [-0.1, -0.05) is 19.9 Å². The maximum atomic E-state index is 12.9. The number of nitrogens with zero attached hydrogens (tertiary/aromatic N) is 2. The Labute approximate surface area is 143 Å². The molecule has 0 aliphatic carbocycles. The fourth-order valence-corrected chi connectivity index (χ4v) is 2.88. The normalized spacial score (nSPS) is 11.2. The van der Waals surface area contributed by atoms with Gasteiger partial charge in [0.1, 0.15) is 5.56 Å². The number of fused-ring (bicyclic) bond motifs is 1. The van der Waals surface area contributed by atoms with Gasteiger partial charge in [0, 0.05) is 31.5 Å². The van der Waals surface area contributed by atoms with Gasteiger partial charge in [0.05, 0.1) is 10.9 Å². The van der Waals surface area contributed by atoms with Crippen LogP contribution in [0.15, 0.2) is 29.2 Å². The van der Waals surface area contributed by atoms with Crippen molar-refractivity contribution in [2.75, 3.05) is 18.8 Å². The highest BCUT2D eigenvalue weighted by Crippen LogP contribution is 2.20. The largest absolute Gasteiger partial charge is 0.398 e. The fraction of sp³-hybridized carbons (Fsp3) is 0.474. The summed E-state index contributed by atoms with van der Waals surface area (Å²) in [6.07, 6.45) is 2.67. The van der Waals surface area contributed by atoms with Crippen molar-refractivity contribution < 1.29 is 4.79 Å². The first-order chi connectivity index (χ1) is 11.4. The first-order valence-corrected chi connectivity index (χ1v) is 8.61. The molecule has 0 saturated carbocycles. The predicted molar refractivity (Wildman–Crippen MR) is 99.3 cm³/mol. The monoisotopic (exact) mass is 329 g/mol. The quantitative estimate of drug-likeness (QED) is 0.828. The standard InChI is InChI=1S/C19H27N3O2/c1-5-21(6-2)19(24)14-12-22(11-10-13(3)4)16-9-7-8-15(20)17(16)18(14)23/h7-9,12-13H,5-6,10-11,20H2,1-4H3. The molecule has 5 nitrogen and oxygen atoms in total. The van der Waals surface area contributed by atoms with Crippen LogP contribution in [0.4, 0.5) is 5.69 Å². The minimum Gasteiger partial charge on any atom is -0.398 e. The molecule has 0 unspecified atom stereocenters. The molecule has 1 heterocycles. The van der Waals surface area contributed by atoms with Gasteiger partial charge < -0.3 is 15.2 Å². The van der Waals surface area contributed by atoms with Crippen LogP contribution in [0, 0.1) is 5.92 Å². The van der Waals surface area contributed by atoms with Crippen molar-refractivity contribution in [2.45, 2.75) is 40.7 Å². The smallest absolute Gasteiger partial charge is 0.259 e. The molecule has 0 aliphatic rings. The van der Waals surface area contributed by atoms with Crippen LogP contribution in [0.25, 0.3) is 10.9 Å². The van der Waals surface area contributed by atoms with Crippen LogP contribution in [-0.4, -0.2) is 28.5 Å². The summed E-state index contributed by atoms with van der Waals surface area (Å²) in [4.78, 5) is 27.3. The number of aryl methyl sites for hydroxylation is 1. The molecule has 2 rings (SSSR count). The van der Waals surface area contributed by atoms with Gasteiger partial charge in [-0.2, -0.15) is 0 Å². The van der Waals surface area contributed by atoms with Crippen molar-refractivity contribution in [1.29, 1.82) is 0 Å². The maximum absolute atomic E-state index is 12.9. The van der Waals surface area contributed by atoms with Crippen molar-refractivity contribution in [3.05, 3.63) is 40.2 Å². The van der Waals surface area contributed by atoms with Crippen molar-refractivity contribution in [3.8, 4) is 0 Å². The van der Waals surface area contributed by atoms with Gasteiger partial charge in [-0.3, -0.25) is 9.59 Å². The third-order valence-corrected chi connectivity index (χ3v) is 4.37. The molecule has 0 radical (unpaired) electrons. The van der Waals surface area contributed by atoms with E-state index in [1.54, 1.807) is 17.2 Å². The van der Waals surface area contributed by atoms with Gasteiger partial charge in [-0.05, 0) is 38.3 Å². The van der Waals surface area contributed by atoms with Crippen LogP contribution in [0.1, 0.15) is 44.5 Å². The van der Waals surface area contributed by atoms with E-state index >= 15 is 0 Å². The van der Waals surface area contributed by atoms with Gasteiger partial charge in [0.25, 0.3) is 5.91 Å². The highest BCUT2D eigenvalue weighted by atomic mass is 16.2. The first kappa shape index (κ1) is 18.0. The van der Waals surface area contributed by atoms with E-state index in [1.165, 1.54) is 0 Å². The summed E-state index contributed by atoms with van der Waals surface area (Å²) >= 11 is 0. The lowest BCUT2D eigenvalue weighted by atomic mass is 10.1. The van der Waals surface area contributed by atoms with E-state index in [-0.39, 0.29) is 16.9 Å². The molecule has 130 valence electrons. The number of aromatic nitrogens is 1. The summed E-state index contributed by atoms with van der Waals surface area (Å²) in [7, 11) is 0. The molecule has 24 heavy (non-hydrogen) atoms. The van der Waals surface area contributed by atoms with Crippen LogP contribution < -0.4 is 11.2 Å². The van der Waals surface area contributed by atoms with Crippen molar-refractivity contribution in [3.63, 3.8) is 0 Å². The summed E-state index contributed by atoms with van der Waals surface area (Å²) < 4.78 is 1.99. The second kappa shape index (κ2) is 7.51. The van der Waals surface area contributed by atoms with Crippen LogP contribution in [0.3, 0.4) is 0 Å². The molecule has 1 amide bonds.